The van der Waals surface area contributed by atoms with Gasteiger partial charge in [0.05, 0.1) is 6.10 Å². The van der Waals surface area contributed by atoms with Crippen molar-refractivity contribution in [3.8, 4) is 0 Å². The molecule has 0 aliphatic rings. The molecule has 0 bridgehead atoms. The molecule has 3 unspecified atom stereocenters. The molecule has 0 aromatic heterocycles. The number of rotatable bonds is 5. The van der Waals surface area contributed by atoms with Crippen LogP contribution in [0.5, 0.6) is 0 Å². The number of aliphatic hydroxyl groups excluding tert-OH is 2. The van der Waals surface area contributed by atoms with E-state index in [0.29, 0.717) is 6.42 Å². The standard InChI is InChI=1S/C9H15F5O2/c1-3-5(2)6(15)4-7(16)8(10,11)9(12,13)14/h5-7,15-16H,3-4H2,1-2H3. The van der Waals surface area contributed by atoms with E-state index in [2.05, 4.69) is 0 Å². The van der Waals surface area contributed by atoms with Crippen molar-refractivity contribution in [3.63, 3.8) is 0 Å². The maximum absolute atomic E-state index is 12.6. The van der Waals surface area contributed by atoms with E-state index < -0.39 is 36.6 Å². The highest BCUT2D eigenvalue weighted by atomic mass is 19.4. The van der Waals surface area contributed by atoms with Crippen molar-refractivity contribution in [1.29, 1.82) is 0 Å². The highest BCUT2D eigenvalue weighted by Crippen LogP contribution is 2.39. The van der Waals surface area contributed by atoms with Crippen LogP contribution < -0.4 is 0 Å². The van der Waals surface area contributed by atoms with Crippen molar-refractivity contribution in [2.75, 3.05) is 0 Å². The summed E-state index contributed by atoms with van der Waals surface area (Å²) in [5.41, 5.74) is 0. The molecule has 0 heterocycles. The van der Waals surface area contributed by atoms with Gasteiger partial charge in [-0.15, -0.1) is 0 Å². The van der Waals surface area contributed by atoms with Crippen LogP contribution in [0.4, 0.5) is 22.0 Å². The molecule has 98 valence electrons. The minimum Gasteiger partial charge on any atom is -0.393 e. The molecule has 0 saturated carbocycles. The van der Waals surface area contributed by atoms with E-state index >= 15 is 0 Å². The Kier molecular flexibility index (Phi) is 5.13. The molecule has 0 radical (unpaired) electrons. The Labute approximate surface area is 90.1 Å². The summed E-state index contributed by atoms with van der Waals surface area (Å²) in [6.45, 7) is 3.16. The molecule has 16 heavy (non-hydrogen) atoms. The molecule has 0 spiro atoms. The largest absolute Gasteiger partial charge is 0.456 e. The van der Waals surface area contributed by atoms with Crippen LogP contribution in [0.3, 0.4) is 0 Å². The van der Waals surface area contributed by atoms with Crippen LogP contribution in [-0.2, 0) is 0 Å². The molecular weight excluding hydrogens is 235 g/mol. The topological polar surface area (TPSA) is 40.5 Å². The lowest BCUT2D eigenvalue weighted by molar-refractivity contribution is -0.315. The third-order valence-corrected chi connectivity index (χ3v) is 2.56. The summed E-state index contributed by atoms with van der Waals surface area (Å²) in [6, 6.07) is 0. The van der Waals surface area contributed by atoms with Gasteiger partial charge in [0.2, 0.25) is 0 Å². The van der Waals surface area contributed by atoms with Crippen molar-refractivity contribution >= 4 is 0 Å². The maximum Gasteiger partial charge on any atom is 0.456 e. The first kappa shape index (κ1) is 15.6. The van der Waals surface area contributed by atoms with Gasteiger partial charge in [0.25, 0.3) is 0 Å². The summed E-state index contributed by atoms with van der Waals surface area (Å²) < 4.78 is 60.6. The summed E-state index contributed by atoms with van der Waals surface area (Å²) in [7, 11) is 0. The molecule has 0 fully saturated rings. The van der Waals surface area contributed by atoms with E-state index in [1.165, 1.54) is 6.92 Å². The summed E-state index contributed by atoms with van der Waals surface area (Å²) in [4.78, 5) is 0. The second kappa shape index (κ2) is 5.27. The Bertz CT molecular complexity index is 216. The molecule has 0 amide bonds. The minimum atomic E-state index is -5.80. The molecule has 3 atom stereocenters. The van der Waals surface area contributed by atoms with Crippen LogP contribution in [0.2, 0.25) is 0 Å². The lowest BCUT2D eigenvalue weighted by Crippen LogP contribution is -2.48. The number of alkyl halides is 5. The van der Waals surface area contributed by atoms with Crippen molar-refractivity contribution < 1.29 is 32.2 Å². The fraction of sp³-hybridized carbons (Fsp3) is 1.00. The van der Waals surface area contributed by atoms with Crippen LogP contribution in [0.15, 0.2) is 0 Å². The third kappa shape index (κ3) is 3.55. The smallest absolute Gasteiger partial charge is 0.393 e. The predicted octanol–water partition coefficient (Wildman–Crippen LogP) is 2.34. The predicted molar refractivity (Wildman–Crippen MR) is 47.1 cm³/mol. The van der Waals surface area contributed by atoms with E-state index in [0.717, 1.165) is 0 Å². The van der Waals surface area contributed by atoms with Gasteiger partial charge in [0.1, 0.15) is 6.10 Å². The van der Waals surface area contributed by atoms with E-state index in [1.54, 1.807) is 6.92 Å². The maximum atomic E-state index is 12.6. The van der Waals surface area contributed by atoms with Crippen LogP contribution in [0.25, 0.3) is 0 Å². The van der Waals surface area contributed by atoms with Crippen LogP contribution in [0, 0.1) is 5.92 Å². The zero-order chi connectivity index (χ0) is 13.1. The van der Waals surface area contributed by atoms with E-state index in [1.807, 2.05) is 0 Å². The van der Waals surface area contributed by atoms with Gasteiger partial charge < -0.3 is 10.2 Å². The number of halogens is 5. The van der Waals surface area contributed by atoms with Gasteiger partial charge in [-0.25, -0.2) is 0 Å². The van der Waals surface area contributed by atoms with E-state index in [-0.39, 0.29) is 0 Å². The minimum absolute atomic E-state index is 0.422. The summed E-state index contributed by atoms with van der Waals surface area (Å²) >= 11 is 0. The van der Waals surface area contributed by atoms with Gasteiger partial charge >= 0.3 is 12.1 Å². The third-order valence-electron chi connectivity index (χ3n) is 2.56. The Morgan fingerprint density at radius 3 is 1.81 bits per heavy atom. The molecule has 0 saturated heterocycles. The van der Waals surface area contributed by atoms with Crippen molar-refractivity contribution in [1.82, 2.24) is 0 Å². The van der Waals surface area contributed by atoms with Crippen LogP contribution >= 0.6 is 0 Å². The molecular formula is C9H15F5O2. The Morgan fingerprint density at radius 2 is 1.50 bits per heavy atom. The molecule has 2 nitrogen and oxygen atoms in total. The number of aliphatic hydroxyl groups is 2. The molecule has 0 aromatic rings. The Hall–Kier alpha value is -0.430. The average Bonchev–Trinajstić information content (AvgIpc) is 2.14. The lowest BCUT2D eigenvalue weighted by Gasteiger charge is -2.27. The molecule has 0 aliphatic carbocycles. The van der Waals surface area contributed by atoms with Crippen molar-refractivity contribution in [3.05, 3.63) is 0 Å². The first-order valence-corrected chi connectivity index (χ1v) is 4.84. The number of hydrogen-bond donors (Lipinski definition) is 2. The molecule has 0 rings (SSSR count). The van der Waals surface area contributed by atoms with E-state index in [9.17, 15) is 27.1 Å². The first-order valence-electron chi connectivity index (χ1n) is 4.84. The Morgan fingerprint density at radius 1 is 1.06 bits per heavy atom. The van der Waals surface area contributed by atoms with Gasteiger partial charge in [0.15, 0.2) is 0 Å². The monoisotopic (exact) mass is 250 g/mol. The number of hydrogen-bond acceptors (Lipinski definition) is 2. The van der Waals surface area contributed by atoms with Crippen molar-refractivity contribution in [2.45, 2.75) is 51.0 Å². The molecule has 2 N–H and O–H groups in total. The quantitative estimate of drug-likeness (QED) is 0.735. The van der Waals surface area contributed by atoms with Gasteiger partial charge in [-0.2, -0.15) is 22.0 Å². The zero-order valence-electron chi connectivity index (χ0n) is 8.93. The normalized spacial score (nSPS) is 19.3. The SMILES string of the molecule is CCC(C)C(O)CC(O)C(F)(F)C(F)(F)F. The lowest BCUT2D eigenvalue weighted by atomic mass is 9.94. The van der Waals surface area contributed by atoms with Gasteiger partial charge in [-0.1, -0.05) is 20.3 Å². The van der Waals surface area contributed by atoms with Crippen LogP contribution in [-0.4, -0.2) is 34.5 Å². The second-order valence-electron chi connectivity index (χ2n) is 3.83. The van der Waals surface area contributed by atoms with Crippen molar-refractivity contribution in [2.24, 2.45) is 5.92 Å². The summed E-state index contributed by atoms with van der Waals surface area (Å²) in [5.74, 6) is -5.64. The van der Waals surface area contributed by atoms with E-state index in [4.69, 9.17) is 5.11 Å². The fourth-order valence-electron chi connectivity index (χ4n) is 1.07. The van der Waals surface area contributed by atoms with Gasteiger partial charge in [0, 0.05) is 6.42 Å². The molecule has 7 heteroatoms. The average molecular weight is 250 g/mol. The fourth-order valence-corrected chi connectivity index (χ4v) is 1.07. The summed E-state index contributed by atoms with van der Waals surface area (Å²) in [6.07, 6.45) is -10.7. The van der Waals surface area contributed by atoms with Gasteiger partial charge in [-0.05, 0) is 5.92 Å². The first-order chi connectivity index (χ1) is 7.04. The highest BCUT2D eigenvalue weighted by Gasteiger charge is 2.62. The highest BCUT2D eigenvalue weighted by molar-refractivity contribution is 4.86. The van der Waals surface area contributed by atoms with Crippen LogP contribution in [0.1, 0.15) is 26.7 Å². The zero-order valence-corrected chi connectivity index (χ0v) is 8.93. The molecule has 0 aliphatic heterocycles. The summed E-state index contributed by atoms with van der Waals surface area (Å²) in [5, 5.41) is 18.1. The molecule has 0 aromatic carbocycles. The second-order valence-corrected chi connectivity index (χ2v) is 3.83. The Balaban J connectivity index is 4.52. The van der Waals surface area contributed by atoms with Gasteiger partial charge in [-0.3, -0.25) is 0 Å².